The molecule has 9 aromatic carbocycles. The van der Waals surface area contributed by atoms with E-state index in [1.54, 1.807) is 0 Å². The maximum Gasteiger partial charge on any atom is 0.0702 e. The van der Waals surface area contributed by atoms with Crippen molar-refractivity contribution in [2.45, 2.75) is 12.8 Å². The Kier molecular flexibility index (Phi) is 8.33. The summed E-state index contributed by atoms with van der Waals surface area (Å²) in [5.74, 6) is 0. The number of hydrogen-bond acceptors (Lipinski definition) is 1. The number of para-hydroxylation sites is 4. The van der Waals surface area contributed by atoms with Gasteiger partial charge in [0.2, 0.25) is 0 Å². The number of benzene rings is 9. The van der Waals surface area contributed by atoms with Crippen LogP contribution in [0.5, 0.6) is 0 Å². The summed E-state index contributed by atoms with van der Waals surface area (Å²) in [5, 5.41) is 7.53. The second-order valence-corrected chi connectivity index (χ2v) is 15.3. The summed E-state index contributed by atoms with van der Waals surface area (Å²) in [7, 11) is 0. The Labute approximate surface area is 338 Å². The molecular weight excluding hydrogens is 701 g/mol. The van der Waals surface area contributed by atoms with E-state index in [1.807, 2.05) is 0 Å². The second kappa shape index (κ2) is 14.3. The molecular formula is C56H40N2. The summed E-state index contributed by atoms with van der Waals surface area (Å²) in [6, 6.07) is 75.4. The van der Waals surface area contributed by atoms with Crippen LogP contribution in [0.4, 0.5) is 11.4 Å². The average Bonchev–Trinajstić information content (AvgIpc) is 3.64. The van der Waals surface area contributed by atoms with Crippen LogP contribution < -0.4 is 4.90 Å². The summed E-state index contributed by atoms with van der Waals surface area (Å²) in [5.41, 5.74) is 14.5. The number of nitrogens with zero attached hydrogens (tertiary/aromatic N) is 2. The zero-order valence-corrected chi connectivity index (χ0v) is 32.1. The van der Waals surface area contributed by atoms with Gasteiger partial charge >= 0.3 is 0 Å². The molecule has 0 bridgehead atoms. The van der Waals surface area contributed by atoms with Gasteiger partial charge in [-0.25, -0.2) is 0 Å². The van der Waals surface area contributed by atoms with Crippen molar-refractivity contribution in [2.24, 2.45) is 0 Å². The smallest absolute Gasteiger partial charge is 0.0702 e. The molecule has 0 saturated carbocycles. The van der Waals surface area contributed by atoms with E-state index >= 15 is 0 Å². The van der Waals surface area contributed by atoms with Gasteiger partial charge in [-0.05, 0) is 111 Å². The van der Waals surface area contributed by atoms with Gasteiger partial charge in [-0.2, -0.15) is 0 Å². The molecule has 11 rings (SSSR count). The lowest BCUT2D eigenvalue weighted by Gasteiger charge is -2.34. The van der Waals surface area contributed by atoms with Crippen LogP contribution in [0.2, 0.25) is 0 Å². The molecule has 0 atom stereocenters. The Hall–Kier alpha value is -7.42. The molecule has 0 aliphatic heterocycles. The van der Waals surface area contributed by atoms with Crippen LogP contribution in [0, 0.1) is 0 Å². The third kappa shape index (κ3) is 5.90. The highest BCUT2D eigenvalue weighted by Gasteiger charge is 2.26. The molecule has 1 aliphatic rings. The Bertz CT molecular complexity index is 3180. The molecule has 58 heavy (non-hydrogen) atoms. The van der Waals surface area contributed by atoms with E-state index in [0.717, 1.165) is 29.9 Å². The van der Waals surface area contributed by atoms with E-state index in [4.69, 9.17) is 0 Å². The molecule has 0 unspecified atom stereocenters. The summed E-state index contributed by atoms with van der Waals surface area (Å²) >= 11 is 0. The Morgan fingerprint density at radius 1 is 0.362 bits per heavy atom. The first kappa shape index (κ1) is 33.9. The van der Waals surface area contributed by atoms with Crippen LogP contribution in [0.1, 0.15) is 18.4 Å². The molecule has 10 aromatic rings. The molecule has 0 fully saturated rings. The number of aromatic nitrogens is 1. The third-order valence-corrected chi connectivity index (χ3v) is 11.9. The average molecular weight is 741 g/mol. The van der Waals surface area contributed by atoms with Crippen molar-refractivity contribution in [1.29, 1.82) is 0 Å². The number of rotatable bonds is 7. The zero-order valence-electron chi connectivity index (χ0n) is 32.1. The first-order chi connectivity index (χ1) is 28.8. The molecule has 1 aliphatic carbocycles. The summed E-state index contributed by atoms with van der Waals surface area (Å²) in [6.07, 6.45) is 6.54. The van der Waals surface area contributed by atoms with Gasteiger partial charge in [0.15, 0.2) is 0 Å². The topological polar surface area (TPSA) is 8.17 Å². The van der Waals surface area contributed by atoms with E-state index in [9.17, 15) is 0 Å². The molecule has 0 spiro atoms. The van der Waals surface area contributed by atoms with Gasteiger partial charge in [-0.3, -0.25) is 0 Å². The maximum atomic E-state index is 2.55. The first-order valence-corrected chi connectivity index (χ1v) is 20.2. The minimum absolute atomic E-state index is 0.884. The molecule has 1 aromatic heterocycles. The van der Waals surface area contributed by atoms with Crippen molar-refractivity contribution in [3.8, 4) is 27.9 Å². The van der Waals surface area contributed by atoms with Gasteiger partial charge < -0.3 is 9.47 Å². The van der Waals surface area contributed by atoms with Crippen molar-refractivity contribution in [2.75, 3.05) is 4.90 Å². The van der Waals surface area contributed by atoms with Crippen LogP contribution in [-0.4, -0.2) is 4.57 Å². The van der Waals surface area contributed by atoms with Crippen molar-refractivity contribution in [1.82, 2.24) is 4.57 Å². The van der Waals surface area contributed by atoms with Crippen molar-refractivity contribution >= 4 is 60.3 Å². The van der Waals surface area contributed by atoms with Gasteiger partial charge in [-0.15, -0.1) is 0 Å². The quantitative estimate of drug-likeness (QED) is 0.158. The van der Waals surface area contributed by atoms with E-state index in [-0.39, 0.29) is 0 Å². The maximum absolute atomic E-state index is 2.55. The van der Waals surface area contributed by atoms with Gasteiger partial charge in [0.25, 0.3) is 0 Å². The Morgan fingerprint density at radius 3 is 1.60 bits per heavy atom. The number of fused-ring (bicyclic) bond motifs is 5. The highest BCUT2D eigenvalue weighted by atomic mass is 15.2. The fourth-order valence-electron chi connectivity index (χ4n) is 9.03. The largest absolute Gasteiger partial charge is 0.311 e. The van der Waals surface area contributed by atoms with Crippen molar-refractivity contribution in [3.05, 3.63) is 230 Å². The normalized spacial score (nSPS) is 12.9. The molecule has 2 heteroatoms. The van der Waals surface area contributed by atoms with Gasteiger partial charge in [0.05, 0.1) is 28.1 Å². The number of anilines is 2. The lowest BCUT2D eigenvalue weighted by molar-refractivity contribution is 0.927. The van der Waals surface area contributed by atoms with E-state index in [2.05, 4.69) is 228 Å². The van der Waals surface area contributed by atoms with Crippen molar-refractivity contribution in [3.63, 3.8) is 0 Å². The Morgan fingerprint density at radius 2 is 0.914 bits per heavy atom. The molecule has 0 saturated heterocycles. The van der Waals surface area contributed by atoms with Crippen LogP contribution in [0.15, 0.2) is 224 Å². The lowest BCUT2D eigenvalue weighted by Crippen LogP contribution is -2.20. The molecule has 274 valence electrons. The van der Waals surface area contributed by atoms with Gasteiger partial charge in [0, 0.05) is 22.0 Å². The Balaban J connectivity index is 1.16. The third-order valence-electron chi connectivity index (χ3n) is 11.9. The fourth-order valence-corrected chi connectivity index (χ4v) is 9.03. The summed E-state index contributed by atoms with van der Waals surface area (Å²) in [6.45, 7) is 0. The van der Waals surface area contributed by atoms with E-state index in [1.165, 1.54) is 82.4 Å². The second-order valence-electron chi connectivity index (χ2n) is 15.3. The number of allylic oxidation sites excluding steroid dienone is 4. The highest BCUT2D eigenvalue weighted by molar-refractivity contribution is 6.10. The minimum Gasteiger partial charge on any atom is -0.311 e. The van der Waals surface area contributed by atoms with Crippen LogP contribution >= 0.6 is 0 Å². The molecule has 0 radical (unpaired) electrons. The number of hydrogen-bond donors (Lipinski definition) is 0. The summed E-state index contributed by atoms with van der Waals surface area (Å²) < 4.78 is 2.46. The van der Waals surface area contributed by atoms with Crippen LogP contribution in [0.3, 0.4) is 0 Å². The standard InChI is InChI=1S/C56H40N2/c1-2-16-42(17-3-1)49-35-32-47(46-29-27-40-15-5-7-19-44(40)37-46)38-56(49)57(48-33-30-41(31-34-48)45-28-26-39-14-4-6-18-43(39)36-45)54-24-12-13-25-55(54)58-52-22-10-8-20-50(52)51-21-9-11-23-53(51)58/h1-30,32-33,35-38H,31,34H2. The monoisotopic (exact) mass is 740 g/mol. The van der Waals surface area contributed by atoms with Gasteiger partial charge in [0.1, 0.15) is 0 Å². The van der Waals surface area contributed by atoms with Crippen LogP contribution in [-0.2, 0) is 0 Å². The highest BCUT2D eigenvalue weighted by Crippen LogP contribution is 2.46. The zero-order chi connectivity index (χ0) is 38.4. The molecule has 1 heterocycles. The lowest BCUT2D eigenvalue weighted by atomic mass is 9.92. The molecule has 2 nitrogen and oxygen atoms in total. The predicted molar refractivity (Wildman–Crippen MR) is 247 cm³/mol. The van der Waals surface area contributed by atoms with E-state index < -0.39 is 0 Å². The predicted octanol–water partition coefficient (Wildman–Crippen LogP) is 15.3. The molecule has 0 amide bonds. The van der Waals surface area contributed by atoms with Gasteiger partial charge in [-0.1, -0.05) is 170 Å². The fraction of sp³-hybridized carbons (Fsp3) is 0.0357. The first-order valence-electron chi connectivity index (χ1n) is 20.2. The van der Waals surface area contributed by atoms with Crippen molar-refractivity contribution < 1.29 is 0 Å². The van der Waals surface area contributed by atoms with Crippen LogP contribution in [0.25, 0.3) is 76.9 Å². The minimum atomic E-state index is 0.884. The summed E-state index contributed by atoms with van der Waals surface area (Å²) in [4.78, 5) is 2.55. The SMILES string of the molecule is C1=C(c2ccc3ccccc3c2)CCC(N(c2cc(-c3ccc4ccccc4c3)ccc2-c2ccccc2)c2ccccc2-n2c3ccccc3c3ccccc32)=C1. The molecule has 0 N–H and O–H groups in total. The van der Waals surface area contributed by atoms with E-state index in [0.29, 0.717) is 0 Å².